The molecule has 0 bridgehead atoms. The largest absolute Gasteiger partial charge is 0.480 e. The molecule has 1 aromatic heterocycles. The summed E-state index contributed by atoms with van der Waals surface area (Å²) in [5.41, 5.74) is -1.10. The van der Waals surface area contributed by atoms with E-state index in [-0.39, 0.29) is 6.04 Å². The normalized spacial score (nSPS) is 18.4. The number of hydrogen-bond donors (Lipinski definition) is 3. The number of rotatable bonds is 5. The van der Waals surface area contributed by atoms with Crippen molar-refractivity contribution in [3.8, 4) is 0 Å². The number of hydrogen-bond acceptors (Lipinski definition) is 3. The molecule has 1 heterocycles. The summed E-state index contributed by atoms with van der Waals surface area (Å²) in [6.07, 6.45) is 4.79. The maximum Gasteiger partial charge on any atom is 0.329 e. The van der Waals surface area contributed by atoms with Gasteiger partial charge in [-0.25, -0.2) is 9.59 Å². The molecule has 0 radical (unpaired) electrons. The SMILES string of the molecule is CC(Cc1ccco1)NC(=O)NC1(C(=O)O)CCCC1. The van der Waals surface area contributed by atoms with E-state index in [9.17, 15) is 14.7 Å². The van der Waals surface area contributed by atoms with Gasteiger partial charge in [-0.15, -0.1) is 0 Å². The molecule has 6 nitrogen and oxygen atoms in total. The molecule has 0 aliphatic heterocycles. The van der Waals surface area contributed by atoms with Gasteiger partial charge in [0, 0.05) is 12.5 Å². The van der Waals surface area contributed by atoms with Crippen LogP contribution in [-0.2, 0) is 11.2 Å². The van der Waals surface area contributed by atoms with Gasteiger partial charge in [0.25, 0.3) is 0 Å². The standard InChI is InChI=1S/C14H20N2O4/c1-10(9-11-5-4-8-20-11)15-13(19)16-14(12(17)18)6-2-3-7-14/h4-5,8,10H,2-3,6-7,9H2,1H3,(H,17,18)(H2,15,16,19). The molecule has 20 heavy (non-hydrogen) atoms. The molecule has 1 aliphatic rings. The Morgan fingerprint density at radius 2 is 2.15 bits per heavy atom. The van der Waals surface area contributed by atoms with Gasteiger partial charge in [-0.2, -0.15) is 0 Å². The Kier molecular flexibility index (Phi) is 4.32. The number of amides is 2. The smallest absolute Gasteiger partial charge is 0.329 e. The van der Waals surface area contributed by atoms with Crippen LogP contribution in [0.3, 0.4) is 0 Å². The van der Waals surface area contributed by atoms with Gasteiger partial charge in [-0.1, -0.05) is 12.8 Å². The molecule has 110 valence electrons. The van der Waals surface area contributed by atoms with E-state index in [1.165, 1.54) is 0 Å². The van der Waals surface area contributed by atoms with Gasteiger partial charge in [0.05, 0.1) is 6.26 Å². The Hall–Kier alpha value is -1.98. The number of carboxylic acids is 1. The quantitative estimate of drug-likeness (QED) is 0.768. The molecular formula is C14H20N2O4. The van der Waals surface area contributed by atoms with Crippen LogP contribution >= 0.6 is 0 Å². The Labute approximate surface area is 117 Å². The summed E-state index contributed by atoms with van der Waals surface area (Å²) in [5.74, 6) is -0.171. The molecular weight excluding hydrogens is 260 g/mol. The van der Waals surface area contributed by atoms with Crippen LogP contribution in [0.2, 0.25) is 0 Å². The van der Waals surface area contributed by atoms with Crippen LogP contribution in [0, 0.1) is 0 Å². The van der Waals surface area contributed by atoms with Gasteiger partial charge in [-0.05, 0) is 31.9 Å². The van der Waals surface area contributed by atoms with Gasteiger partial charge in [0.2, 0.25) is 0 Å². The van der Waals surface area contributed by atoms with E-state index in [4.69, 9.17) is 4.42 Å². The summed E-state index contributed by atoms with van der Waals surface area (Å²) < 4.78 is 5.21. The van der Waals surface area contributed by atoms with Crippen molar-refractivity contribution in [3.63, 3.8) is 0 Å². The molecule has 2 amide bonds. The Bertz CT molecular complexity index is 464. The van der Waals surface area contributed by atoms with Crippen LogP contribution < -0.4 is 10.6 Å². The third-order valence-corrected chi connectivity index (χ3v) is 3.68. The zero-order valence-electron chi connectivity index (χ0n) is 11.5. The lowest BCUT2D eigenvalue weighted by Gasteiger charge is -2.26. The highest BCUT2D eigenvalue weighted by molar-refractivity contribution is 5.86. The fourth-order valence-corrected chi connectivity index (χ4v) is 2.63. The first-order chi connectivity index (χ1) is 9.52. The van der Waals surface area contributed by atoms with Crippen molar-refractivity contribution in [1.82, 2.24) is 10.6 Å². The first-order valence-electron chi connectivity index (χ1n) is 6.86. The molecule has 1 aromatic rings. The Morgan fingerprint density at radius 3 is 2.70 bits per heavy atom. The van der Waals surface area contributed by atoms with Crippen molar-refractivity contribution in [2.45, 2.75) is 50.6 Å². The minimum absolute atomic E-state index is 0.131. The second-order valence-corrected chi connectivity index (χ2v) is 5.38. The Morgan fingerprint density at radius 1 is 1.45 bits per heavy atom. The van der Waals surface area contributed by atoms with Crippen molar-refractivity contribution < 1.29 is 19.1 Å². The van der Waals surface area contributed by atoms with E-state index >= 15 is 0 Å². The van der Waals surface area contributed by atoms with Crippen LogP contribution in [0.1, 0.15) is 38.4 Å². The zero-order chi connectivity index (χ0) is 14.6. The highest BCUT2D eigenvalue weighted by atomic mass is 16.4. The number of furan rings is 1. The van der Waals surface area contributed by atoms with Gasteiger partial charge in [0.1, 0.15) is 11.3 Å². The maximum absolute atomic E-state index is 11.9. The summed E-state index contributed by atoms with van der Waals surface area (Å²) in [6, 6.07) is 3.06. The minimum atomic E-state index is -1.10. The first kappa shape index (κ1) is 14.4. The zero-order valence-corrected chi connectivity index (χ0v) is 11.5. The van der Waals surface area contributed by atoms with Crippen molar-refractivity contribution >= 4 is 12.0 Å². The first-order valence-corrected chi connectivity index (χ1v) is 6.86. The average Bonchev–Trinajstić information content (AvgIpc) is 3.00. The minimum Gasteiger partial charge on any atom is -0.480 e. The molecule has 1 aliphatic carbocycles. The van der Waals surface area contributed by atoms with Gasteiger partial charge in [-0.3, -0.25) is 0 Å². The van der Waals surface area contributed by atoms with E-state index < -0.39 is 17.5 Å². The second kappa shape index (κ2) is 5.98. The van der Waals surface area contributed by atoms with Crippen molar-refractivity contribution in [2.24, 2.45) is 0 Å². The summed E-state index contributed by atoms with van der Waals surface area (Å²) in [4.78, 5) is 23.3. The summed E-state index contributed by atoms with van der Waals surface area (Å²) >= 11 is 0. The molecule has 1 atom stereocenters. The molecule has 0 spiro atoms. The lowest BCUT2D eigenvalue weighted by Crippen LogP contribution is -2.56. The average molecular weight is 280 g/mol. The highest BCUT2D eigenvalue weighted by Crippen LogP contribution is 2.29. The lowest BCUT2D eigenvalue weighted by molar-refractivity contribution is -0.144. The molecule has 2 rings (SSSR count). The van der Waals surface area contributed by atoms with E-state index in [1.54, 1.807) is 12.3 Å². The van der Waals surface area contributed by atoms with E-state index in [0.717, 1.165) is 18.6 Å². The number of carbonyl (C=O) groups excluding carboxylic acids is 1. The van der Waals surface area contributed by atoms with Crippen molar-refractivity contribution in [1.29, 1.82) is 0 Å². The van der Waals surface area contributed by atoms with Gasteiger partial charge in [0.15, 0.2) is 0 Å². The third kappa shape index (κ3) is 3.31. The van der Waals surface area contributed by atoms with Crippen LogP contribution in [0.4, 0.5) is 4.79 Å². The lowest BCUT2D eigenvalue weighted by atomic mass is 9.98. The van der Waals surface area contributed by atoms with Crippen molar-refractivity contribution in [2.75, 3.05) is 0 Å². The van der Waals surface area contributed by atoms with E-state index in [2.05, 4.69) is 10.6 Å². The van der Waals surface area contributed by atoms with Crippen LogP contribution in [0.15, 0.2) is 22.8 Å². The maximum atomic E-state index is 11.9. The van der Waals surface area contributed by atoms with Crippen molar-refractivity contribution in [3.05, 3.63) is 24.2 Å². The second-order valence-electron chi connectivity index (χ2n) is 5.38. The summed E-state index contributed by atoms with van der Waals surface area (Å²) in [6.45, 7) is 1.85. The van der Waals surface area contributed by atoms with Crippen LogP contribution in [-0.4, -0.2) is 28.7 Å². The van der Waals surface area contributed by atoms with Crippen LogP contribution in [0.25, 0.3) is 0 Å². The number of aliphatic carboxylic acids is 1. The molecule has 1 unspecified atom stereocenters. The number of urea groups is 1. The predicted octanol–water partition coefficient (Wildman–Crippen LogP) is 1.91. The molecule has 1 fully saturated rings. The number of carbonyl (C=O) groups is 2. The van der Waals surface area contributed by atoms with E-state index in [0.29, 0.717) is 19.3 Å². The van der Waals surface area contributed by atoms with E-state index in [1.807, 2.05) is 13.0 Å². The monoisotopic (exact) mass is 280 g/mol. The third-order valence-electron chi connectivity index (χ3n) is 3.68. The summed E-state index contributed by atoms with van der Waals surface area (Å²) in [7, 11) is 0. The summed E-state index contributed by atoms with van der Waals surface area (Å²) in [5, 5.41) is 14.7. The predicted molar refractivity (Wildman–Crippen MR) is 72.4 cm³/mol. The van der Waals surface area contributed by atoms with Gasteiger partial charge >= 0.3 is 12.0 Å². The molecule has 0 saturated heterocycles. The highest BCUT2D eigenvalue weighted by Gasteiger charge is 2.42. The fourth-order valence-electron chi connectivity index (χ4n) is 2.63. The molecule has 1 saturated carbocycles. The number of nitrogens with one attached hydrogen (secondary N) is 2. The Balaban J connectivity index is 1.86. The molecule has 6 heteroatoms. The topological polar surface area (TPSA) is 91.6 Å². The fraction of sp³-hybridized carbons (Fsp3) is 0.571. The number of carboxylic acid groups (broad SMARTS) is 1. The van der Waals surface area contributed by atoms with Crippen LogP contribution in [0.5, 0.6) is 0 Å². The molecule has 3 N–H and O–H groups in total. The molecule has 0 aromatic carbocycles. The van der Waals surface area contributed by atoms with Gasteiger partial charge < -0.3 is 20.2 Å².